The van der Waals surface area contributed by atoms with E-state index < -0.39 is 15.3 Å². The van der Waals surface area contributed by atoms with Crippen LogP contribution in [0.15, 0.2) is 0 Å². The first-order chi connectivity index (χ1) is 6.89. The monoisotopic (exact) mass is 235 g/mol. The lowest BCUT2D eigenvalue weighted by molar-refractivity contribution is 0.159. The van der Waals surface area contributed by atoms with Gasteiger partial charge in [-0.2, -0.15) is 4.31 Å². The molecular weight excluding hydrogens is 214 g/mol. The van der Waals surface area contributed by atoms with Crippen molar-refractivity contribution < 1.29 is 8.42 Å². The summed E-state index contributed by atoms with van der Waals surface area (Å²) in [6, 6.07) is 0.276. The molecule has 2 unspecified atom stereocenters. The lowest BCUT2D eigenvalue weighted by Crippen LogP contribution is -2.54. The minimum Gasteiger partial charge on any atom is -0.329 e. The molecule has 0 aliphatic carbocycles. The van der Waals surface area contributed by atoms with Crippen molar-refractivity contribution in [3.63, 3.8) is 0 Å². The van der Waals surface area contributed by atoms with E-state index in [4.69, 9.17) is 5.73 Å². The van der Waals surface area contributed by atoms with Gasteiger partial charge in [-0.05, 0) is 20.9 Å². The topological polar surface area (TPSA) is 66.6 Å². The van der Waals surface area contributed by atoms with Gasteiger partial charge in [-0.25, -0.2) is 8.42 Å². The molecule has 90 valence electrons. The van der Waals surface area contributed by atoms with E-state index in [1.807, 2.05) is 14.0 Å². The van der Waals surface area contributed by atoms with Crippen molar-refractivity contribution in [2.45, 2.75) is 25.1 Å². The molecule has 6 heteroatoms. The summed E-state index contributed by atoms with van der Waals surface area (Å²) in [7, 11) is -1.17. The largest absolute Gasteiger partial charge is 0.329 e. The number of nitrogens with two attached hydrogens (primary N) is 1. The normalized spacial score (nSPS) is 27.9. The number of piperazine rings is 1. The molecule has 1 aliphatic heterocycles. The highest BCUT2D eigenvalue weighted by atomic mass is 32.2. The lowest BCUT2D eigenvalue weighted by atomic mass is 10.2. The van der Waals surface area contributed by atoms with E-state index in [1.54, 1.807) is 11.2 Å². The van der Waals surface area contributed by atoms with Crippen LogP contribution in [0.5, 0.6) is 0 Å². The summed E-state index contributed by atoms with van der Waals surface area (Å²) in [5, 5.41) is -0.479. The van der Waals surface area contributed by atoms with Gasteiger partial charge in [0.05, 0.1) is 5.25 Å². The Morgan fingerprint density at radius 2 is 2.07 bits per heavy atom. The predicted molar refractivity (Wildman–Crippen MR) is 61.1 cm³/mol. The maximum Gasteiger partial charge on any atom is 0.218 e. The molecule has 0 aromatic carbocycles. The van der Waals surface area contributed by atoms with E-state index in [1.165, 1.54) is 0 Å². The summed E-state index contributed by atoms with van der Waals surface area (Å²) in [5.41, 5.74) is 5.41. The van der Waals surface area contributed by atoms with Gasteiger partial charge in [0.1, 0.15) is 0 Å². The van der Waals surface area contributed by atoms with Gasteiger partial charge in [-0.15, -0.1) is 0 Å². The third-order valence-electron chi connectivity index (χ3n) is 3.12. The Bertz CT molecular complexity index is 304. The van der Waals surface area contributed by atoms with Crippen LogP contribution in [0.3, 0.4) is 0 Å². The highest BCUT2D eigenvalue weighted by molar-refractivity contribution is 7.89. The van der Waals surface area contributed by atoms with Crippen LogP contribution in [0.25, 0.3) is 0 Å². The fraction of sp³-hybridized carbons (Fsp3) is 1.00. The zero-order valence-electron chi connectivity index (χ0n) is 9.68. The molecule has 1 aliphatic rings. The van der Waals surface area contributed by atoms with Crippen LogP contribution < -0.4 is 5.73 Å². The van der Waals surface area contributed by atoms with Gasteiger partial charge in [-0.1, -0.05) is 0 Å². The van der Waals surface area contributed by atoms with Gasteiger partial charge in [-0.3, -0.25) is 0 Å². The van der Waals surface area contributed by atoms with Gasteiger partial charge >= 0.3 is 0 Å². The second kappa shape index (κ2) is 4.78. The second-order valence-corrected chi connectivity index (χ2v) is 6.63. The summed E-state index contributed by atoms with van der Waals surface area (Å²) in [6.45, 7) is 5.82. The molecule has 1 fully saturated rings. The van der Waals surface area contributed by atoms with Crippen LogP contribution in [0.2, 0.25) is 0 Å². The Morgan fingerprint density at radius 1 is 1.47 bits per heavy atom. The molecule has 0 aromatic rings. The molecule has 0 radical (unpaired) electrons. The van der Waals surface area contributed by atoms with Gasteiger partial charge < -0.3 is 10.6 Å². The molecule has 0 saturated carbocycles. The molecule has 15 heavy (non-hydrogen) atoms. The molecule has 0 spiro atoms. The minimum atomic E-state index is -3.19. The zero-order chi connectivity index (χ0) is 11.6. The molecule has 0 amide bonds. The lowest BCUT2D eigenvalue weighted by Gasteiger charge is -2.37. The first-order valence-electron chi connectivity index (χ1n) is 5.29. The Labute approximate surface area is 92.3 Å². The number of rotatable bonds is 3. The summed E-state index contributed by atoms with van der Waals surface area (Å²) >= 11 is 0. The van der Waals surface area contributed by atoms with Gasteiger partial charge in [0.15, 0.2) is 0 Å². The second-order valence-electron chi connectivity index (χ2n) is 4.28. The fourth-order valence-corrected chi connectivity index (χ4v) is 3.13. The Balaban J connectivity index is 2.73. The first-order valence-corrected chi connectivity index (χ1v) is 6.79. The van der Waals surface area contributed by atoms with Crippen LogP contribution in [0.4, 0.5) is 0 Å². The number of hydrogen-bond donors (Lipinski definition) is 1. The Morgan fingerprint density at radius 3 is 2.53 bits per heavy atom. The minimum absolute atomic E-state index is 0.184. The molecule has 1 saturated heterocycles. The maximum atomic E-state index is 12.0. The van der Waals surface area contributed by atoms with Crippen LogP contribution >= 0.6 is 0 Å². The fourth-order valence-electron chi connectivity index (χ4n) is 1.62. The molecule has 1 rings (SSSR count). The van der Waals surface area contributed by atoms with Crippen molar-refractivity contribution in [2.75, 3.05) is 33.2 Å². The molecule has 2 atom stereocenters. The third kappa shape index (κ3) is 2.69. The SMILES string of the molecule is CC1CN(S(=O)(=O)C(C)CN)CCN1C. The summed E-state index contributed by atoms with van der Waals surface area (Å²) in [5.74, 6) is 0. The van der Waals surface area contributed by atoms with Gasteiger partial charge in [0, 0.05) is 32.2 Å². The average Bonchev–Trinajstić information content (AvgIpc) is 2.20. The van der Waals surface area contributed by atoms with Crippen molar-refractivity contribution in [1.29, 1.82) is 0 Å². The van der Waals surface area contributed by atoms with E-state index in [0.29, 0.717) is 13.1 Å². The third-order valence-corrected chi connectivity index (χ3v) is 5.38. The van der Waals surface area contributed by atoms with E-state index in [2.05, 4.69) is 4.90 Å². The zero-order valence-corrected chi connectivity index (χ0v) is 10.5. The van der Waals surface area contributed by atoms with Crippen molar-refractivity contribution in [3.05, 3.63) is 0 Å². The van der Waals surface area contributed by atoms with Crippen molar-refractivity contribution in [2.24, 2.45) is 5.73 Å². The smallest absolute Gasteiger partial charge is 0.218 e. The summed E-state index contributed by atoms with van der Waals surface area (Å²) in [4.78, 5) is 2.17. The Hall–Kier alpha value is -0.170. The van der Waals surface area contributed by atoms with Crippen molar-refractivity contribution in [1.82, 2.24) is 9.21 Å². The van der Waals surface area contributed by atoms with E-state index in [-0.39, 0.29) is 12.6 Å². The van der Waals surface area contributed by atoms with E-state index in [0.717, 1.165) is 6.54 Å². The molecule has 2 N–H and O–H groups in total. The molecule has 5 nitrogen and oxygen atoms in total. The van der Waals surface area contributed by atoms with Crippen molar-refractivity contribution >= 4 is 10.0 Å². The Kier molecular flexibility index (Phi) is 4.11. The standard InChI is InChI=1S/C9H21N3O2S/c1-8-7-12(5-4-11(8)3)15(13,14)9(2)6-10/h8-9H,4-7,10H2,1-3H3. The number of nitrogens with zero attached hydrogens (tertiary/aromatic N) is 2. The summed E-state index contributed by atoms with van der Waals surface area (Å²) in [6.07, 6.45) is 0. The van der Waals surface area contributed by atoms with Crippen molar-refractivity contribution in [3.8, 4) is 0 Å². The molecule has 1 heterocycles. The van der Waals surface area contributed by atoms with Gasteiger partial charge in [0.2, 0.25) is 10.0 Å². The first kappa shape index (κ1) is 12.9. The maximum absolute atomic E-state index is 12.0. The highest BCUT2D eigenvalue weighted by Gasteiger charge is 2.32. The predicted octanol–water partition coefficient (Wildman–Crippen LogP) is -0.701. The summed E-state index contributed by atoms with van der Waals surface area (Å²) < 4.78 is 25.6. The molecular formula is C9H21N3O2S. The average molecular weight is 235 g/mol. The van der Waals surface area contributed by atoms with Crippen LogP contribution in [0, 0.1) is 0 Å². The van der Waals surface area contributed by atoms with Crippen LogP contribution in [0.1, 0.15) is 13.8 Å². The van der Waals surface area contributed by atoms with Crippen LogP contribution in [-0.2, 0) is 10.0 Å². The van der Waals surface area contributed by atoms with Gasteiger partial charge in [0.25, 0.3) is 0 Å². The molecule has 0 bridgehead atoms. The quantitative estimate of drug-likeness (QED) is 0.702. The van der Waals surface area contributed by atoms with Crippen LogP contribution in [-0.4, -0.2) is 62.1 Å². The van der Waals surface area contributed by atoms with E-state index in [9.17, 15) is 8.42 Å². The number of hydrogen-bond acceptors (Lipinski definition) is 4. The molecule has 0 aromatic heterocycles. The highest BCUT2D eigenvalue weighted by Crippen LogP contribution is 2.14. The number of likely N-dealkylation sites (N-methyl/N-ethyl adjacent to an activating group) is 1. The number of sulfonamides is 1. The van der Waals surface area contributed by atoms with E-state index >= 15 is 0 Å².